The number of nitro groups is 1. The highest BCUT2D eigenvalue weighted by Crippen LogP contribution is 2.30. The molecule has 1 aromatic rings. The van der Waals surface area contributed by atoms with Gasteiger partial charge < -0.3 is 44.8 Å². The van der Waals surface area contributed by atoms with Gasteiger partial charge in [0.25, 0.3) is 5.69 Å². The number of hydrogen-bond acceptors (Lipinski definition) is 12. The van der Waals surface area contributed by atoms with E-state index in [4.69, 9.17) is 14.2 Å². The van der Waals surface area contributed by atoms with Gasteiger partial charge in [-0.25, -0.2) is 0 Å². The van der Waals surface area contributed by atoms with Crippen LogP contribution in [0.15, 0.2) is 24.3 Å². The van der Waals surface area contributed by atoms with E-state index in [1.54, 1.807) is 0 Å². The van der Waals surface area contributed by atoms with E-state index < -0.39 is 59.4 Å². The molecular weight excluding hydrogens is 426 g/mol. The van der Waals surface area contributed by atoms with Crippen molar-refractivity contribution in [3.8, 4) is 5.75 Å². The van der Waals surface area contributed by atoms with Crippen LogP contribution in [0.3, 0.4) is 0 Å². The minimum atomic E-state index is -1.60. The summed E-state index contributed by atoms with van der Waals surface area (Å²) < 4.78 is 16.3. The average molecular weight is 449 g/mol. The Kier molecular flexibility index (Phi) is 7.49. The number of rotatable bonds is 6. The van der Waals surface area contributed by atoms with Gasteiger partial charge in [-0.2, -0.15) is 0 Å². The highest BCUT2D eigenvalue weighted by atomic mass is 32.2. The van der Waals surface area contributed by atoms with Crippen LogP contribution in [0.2, 0.25) is 0 Å². The number of hydrogen-bond donors (Lipinski definition) is 6. The van der Waals surface area contributed by atoms with E-state index in [-0.39, 0.29) is 23.8 Å². The Balaban J connectivity index is 1.62. The first-order valence-corrected chi connectivity index (χ1v) is 10.1. The first-order chi connectivity index (χ1) is 14.2. The second-order valence-electron chi connectivity index (χ2n) is 6.97. The molecule has 6 N–H and O–H groups in total. The zero-order chi connectivity index (χ0) is 22.0. The summed E-state index contributed by atoms with van der Waals surface area (Å²) in [5.74, 6) is 0.137. The summed E-state index contributed by atoms with van der Waals surface area (Å²) in [7, 11) is 0. The third-order valence-corrected chi connectivity index (χ3v) is 6.11. The highest BCUT2D eigenvalue weighted by molar-refractivity contribution is 7.99. The van der Waals surface area contributed by atoms with E-state index in [1.807, 2.05) is 0 Å². The molecule has 30 heavy (non-hydrogen) atoms. The molecule has 2 heterocycles. The predicted molar refractivity (Wildman–Crippen MR) is 101 cm³/mol. The van der Waals surface area contributed by atoms with Crippen molar-refractivity contribution >= 4 is 17.4 Å². The van der Waals surface area contributed by atoms with Gasteiger partial charge in [-0.3, -0.25) is 10.1 Å². The Morgan fingerprint density at radius 1 is 1.00 bits per heavy atom. The van der Waals surface area contributed by atoms with Gasteiger partial charge in [-0.05, 0) is 12.1 Å². The topological polar surface area (TPSA) is 192 Å². The van der Waals surface area contributed by atoms with Gasteiger partial charge >= 0.3 is 0 Å². The number of nitrogens with zero attached hydrogens (tertiary/aromatic N) is 1. The zero-order valence-electron chi connectivity index (χ0n) is 15.5. The largest absolute Gasteiger partial charge is 0.462 e. The van der Waals surface area contributed by atoms with Gasteiger partial charge in [0.15, 0.2) is 0 Å². The van der Waals surface area contributed by atoms with Crippen molar-refractivity contribution in [3.63, 3.8) is 0 Å². The summed E-state index contributed by atoms with van der Waals surface area (Å²) in [5.41, 5.74) is -1.06. The summed E-state index contributed by atoms with van der Waals surface area (Å²) in [6.07, 6.45) is -11.1. The van der Waals surface area contributed by atoms with E-state index in [1.165, 1.54) is 24.3 Å². The first kappa shape index (κ1) is 23.1. The zero-order valence-corrected chi connectivity index (χ0v) is 16.3. The Morgan fingerprint density at radius 2 is 1.67 bits per heavy atom. The number of ether oxygens (including phenoxy) is 3. The van der Waals surface area contributed by atoms with Gasteiger partial charge in [-0.1, -0.05) is 0 Å². The van der Waals surface area contributed by atoms with Crippen molar-refractivity contribution in [1.82, 2.24) is 0 Å². The van der Waals surface area contributed by atoms with Gasteiger partial charge in [0, 0.05) is 17.9 Å². The summed E-state index contributed by atoms with van der Waals surface area (Å²) in [6, 6.07) is 5.00. The second-order valence-corrected chi connectivity index (χ2v) is 8.10. The molecule has 1 aromatic carbocycles. The molecule has 9 unspecified atom stereocenters. The summed E-state index contributed by atoms with van der Waals surface area (Å²) in [4.78, 5) is 10.1. The quantitative estimate of drug-likeness (QED) is 0.206. The molecule has 0 amide bonds. The molecule has 9 atom stereocenters. The van der Waals surface area contributed by atoms with Crippen molar-refractivity contribution in [2.24, 2.45) is 0 Å². The maximum absolute atomic E-state index is 10.7. The molecule has 2 saturated heterocycles. The molecule has 12 nitrogen and oxygen atoms in total. The van der Waals surface area contributed by atoms with Crippen molar-refractivity contribution < 1.29 is 49.8 Å². The Morgan fingerprint density at radius 3 is 2.30 bits per heavy atom. The molecule has 2 aliphatic heterocycles. The minimum absolute atomic E-state index is 0.00436. The molecule has 0 aromatic heterocycles. The van der Waals surface area contributed by atoms with Crippen molar-refractivity contribution in [2.75, 3.05) is 12.4 Å². The SMILES string of the molecule is O=[N+]([O-])c1ccc(OC2OC(CSC3OCC(O)C(O)C3O)C(O)C(O)C2O)cc1. The van der Waals surface area contributed by atoms with Crippen LogP contribution >= 0.6 is 11.8 Å². The molecule has 0 saturated carbocycles. The normalized spacial score (nSPS) is 39.5. The fourth-order valence-electron chi connectivity index (χ4n) is 3.05. The monoisotopic (exact) mass is 449 g/mol. The molecule has 0 bridgehead atoms. The molecule has 2 aliphatic rings. The van der Waals surface area contributed by atoms with Crippen LogP contribution in [-0.4, -0.2) is 102 Å². The molecule has 168 valence electrons. The van der Waals surface area contributed by atoms with E-state index in [0.29, 0.717) is 0 Å². The first-order valence-electron chi connectivity index (χ1n) is 9.07. The lowest BCUT2D eigenvalue weighted by atomic mass is 10.00. The second kappa shape index (κ2) is 9.72. The number of nitro benzene ring substituents is 1. The molecule has 0 aliphatic carbocycles. The van der Waals surface area contributed by atoms with Crippen molar-refractivity contribution in [1.29, 1.82) is 0 Å². The van der Waals surface area contributed by atoms with E-state index in [9.17, 15) is 40.8 Å². The lowest BCUT2D eigenvalue weighted by Crippen LogP contribution is -2.60. The van der Waals surface area contributed by atoms with Crippen molar-refractivity contribution in [2.45, 2.75) is 54.5 Å². The van der Waals surface area contributed by atoms with Gasteiger partial charge in [0.05, 0.1) is 17.6 Å². The molecule has 0 radical (unpaired) electrons. The van der Waals surface area contributed by atoms with E-state index >= 15 is 0 Å². The summed E-state index contributed by atoms with van der Waals surface area (Å²) in [5, 5.41) is 70.4. The lowest BCUT2D eigenvalue weighted by Gasteiger charge is -2.41. The van der Waals surface area contributed by atoms with Gasteiger partial charge in [0.1, 0.15) is 47.8 Å². The number of aliphatic hydroxyl groups is 6. The third kappa shape index (κ3) is 5.01. The van der Waals surface area contributed by atoms with Crippen molar-refractivity contribution in [3.05, 3.63) is 34.4 Å². The van der Waals surface area contributed by atoms with Crippen LogP contribution in [0.1, 0.15) is 0 Å². The number of aliphatic hydroxyl groups excluding tert-OH is 6. The maximum atomic E-state index is 10.7. The van der Waals surface area contributed by atoms with Crippen LogP contribution in [0.4, 0.5) is 5.69 Å². The Labute approximate surface area is 174 Å². The summed E-state index contributed by atoms with van der Waals surface area (Å²) >= 11 is 0.987. The fourth-order valence-corrected chi connectivity index (χ4v) is 4.24. The fraction of sp³-hybridized carbons (Fsp3) is 0.647. The summed E-state index contributed by atoms with van der Waals surface area (Å²) in [6.45, 7) is -0.183. The Bertz CT molecular complexity index is 722. The highest BCUT2D eigenvalue weighted by Gasteiger charge is 2.46. The minimum Gasteiger partial charge on any atom is -0.462 e. The van der Waals surface area contributed by atoms with Crippen LogP contribution < -0.4 is 4.74 Å². The van der Waals surface area contributed by atoms with Crippen LogP contribution in [0, 0.1) is 10.1 Å². The van der Waals surface area contributed by atoms with Crippen LogP contribution in [-0.2, 0) is 9.47 Å². The third-order valence-electron chi connectivity index (χ3n) is 4.85. The Hall–Kier alpha value is -1.55. The number of non-ortho nitro benzene ring substituents is 1. The predicted octanol–water partition coefficient (Wildman–Crippen LogP) is -2.05. The number of benzene rings is 1. The average Bonchev–Trinajstić information content (AvgIpc) is 2.73. The maximum Gasteiger partial charge on any atom is 0.269 e. The van der Waals surface area contributed by atoms with E-state index in [2.05, 4.69) is 0 Å². The van der Waals surface area contributed by atoms with Crippen LogP contribution in [0.5, 0.6) is 5.75 Å². The van der Waals surface area contributed by atoms with Gasteiger partial charge in [0.2, 0.25) is 6.29 Å². The lowest BCUT2D eigenvalue weighted by molar-refractivity contribution is -0.384. The molecule has 0 spiro atoms. The molecule has 2 fully saturated rings. The molecule has 13 heteroatoms. The standard InChI is InChI=1S/C17H23NO11S/c19-9-5-27-17(15(24)11(9)20)30-6-10-12(21)13(22)14(23)16(29-10)28-8-3-1-7(2-4-8)18(25)26/h1-4,9-17,19-24H,5-6H2. The van der Waals surface area contributed by atoms with Gasteiger partial charge in [-0.15, -0.1) is 11.8 Å². The van der Waals surface area contributed by atoms with E-state index in [0.717, 1.165) is 11.8 Å². The smallest absolute Gasteiger partial charge is 0.269 e. The number of thioether (sulfide) groups is 1. The molecular formula is C17H23NO11S. The van der Waals surface area contributed by atoms with Crippen LogP contribution in [0.25, 0.3) is 0 Å². The molecule has 3 rings (SSSR count).